The zero-order valence-corrected chi connectivity index (χ0v) is 14.8. The maximum Gasteiger partial charge on any atom is 0.268 e. The maximum atomic E-state index is 12.5. The van der Waals surface area contributed by atoms with Gasteiger partial charge >= 0.3 is 0 Å². The maximum absolute atomic E-state index is 12.5. The van der Waals surface area contributed by atoms with E-state index in [9.17, 15) is 9.59 Å². The molecule has 0 spiro atoms. The first-order valence-corrected chi connectivity index (χ1v) is 9.05. The Labute approximate surface area is 151 Å². The lowest BCUT2D eigenvalue weighted by Gasteiger charge is -2.18. The number of amides is 1. The van der Waals surface area contributed by atoms with E-state index >= 15 is 0 Å². The number of rotatable bonds is 4. The minimum atomic E-state index is -0.165. The molecular weight excluding hydrogens is 332 g/mol. The smallest absolute Gasteiger partial charge is 0.268 e. The van der Waals surface area contributed by atoms with Crippen LogP contribution in [0.4, 0.5) is 0 Å². The van der Waals surface area contributed by atoms with Crippen molar-refractivity contribution in [3.05, 3.63) is 46.3 Å². The Morgan fingerprint density at radius 2 is 2.00 bits per heavy atom. The minimum Gasteiger partial charge on any atom is -0.486 e. The Kier molecular flexibility index (Phi) is 4.41. The largest absolute Gasteiger partial charge is 0.486 e. The summed E-state index contributed by atoms with van der Waals surface area (Å²) in [6.07, 6.45) is 2.93. The zero-order valence-electron chi connectivity index (χ0n) is 14.8. The molecule has 136 valence electrons. The van der Waals surface area contributed by atoms with E-state index in [0.717, 1.165) is 41.2 Å². The molecule has 0 saturated heterocycles. The lowest BCUT2D eigenvalue weighted by molar-refractivity contribution is 0.0948. The molecule has 1 aliphatic carbocycles. The third-order valence-electron chi connectivity index (χ3n) is 4.97. The van der Waals surface area contributed by atoms with Gasteiger partial charge < -0.3 is 19.8 Å². The third-order valence-corrected chi connectivity index (χ3v) is 4.97. The SMILES string of the molecule is Cc1c(C(=O)NCCc2ccc3c(c2)OCCO3)[nH]c2c1C(=O)CCC2. The number of ether oxygens (including phenoxy) is 2. The van der Waals surface area contributed by atoms with Crippen molar-refractivity contribution < 1.29 is 19.1 Å². The molecule has 0 saturated carbocycles. The number of carbonyl (C=O) groups is 2. The Morgan fingerprint density at radius 3 is 2.81 bits per heavy atom. The van der Waals surface area contributed by atoms with E-state index in [-0.39, 0.29) is 11.7 Å². The van der Waals surface area contributed by atoms with Crippen molar-refractivity contribution >= 4 is 11.7 Å². The van der Waals surface area contributed by atoms with Crippen molar-refractivity contribution in [1.82, 2.24) is 10.3 Å². The average Bonchev–Trinajstić information content (AvgIpc) is 2.99. The van der Waals surface area contributed by atoms with Gasteiger partial charge in [0.1, 0.15) is 18.9 Å². The number of Topliss-reactive ketones (excluding diaryl/α,β-unsaturated/α-hetero) is 1. The quantitative estimate of drug-likeness (QED) is 0.884. The molecule has 6 nitrogen and oxygen atoms in total. The monoisotopic (exact) mass is 354 g/mol. The van der Waals surface area contributed by atoms with Gasteiger partial charge in [0.2, 0.25) is 0 Å². The normalized spacial score (nSPS) is 15.5. The number of H-pyrrole nitrogens is 1. The van der Waals surface area contributed by atoms with Crippen molar-refractivity contribution in [2.24, 2.45) is 0 Å². The molecule has 0 unspecified atom stereocenters. The third kappa shape index (κ3) is 3.07. The fourth-order valence-corrected chi connectivity index (χ4v) is 3.65. The molecule has 2 aliphatic rings. The lowest BCUT2D eigenvalue weighted by Crippen LogP contribution is -2.26. The van der Waals surface area contributed by atoms with Crippen LogP contribution in [0.1, 0.15) is 50.5 Å². The summed E-state index contributed by atoms with van der Waals surface area (Å²) in [4.78, 5) is 27.8. The summed E-state index contributed by atoms with van der Waals surface area (Å²) < 4.78 is 11.1. The highest BCUT2D eigenvalue weighted by Crippen LogP contribution is 2.31. The first-order valence-electron chi connectivity index (χ1n) is 9.05. The Balaban J connectivity index is 1.40. The van der Waals surface area contributed by atoms with Crippen LogP contribution in [0.2, 0.25) is 0 Å². The molecule has 2 aromatic rings. The molecule has 0 atom stereocenters. The van der Waals surface area contributed by atoms with Gasteiger partial charge in [-0.15, -0.1) is 0 Å². The van der Waals surface area contributed by atoms with Crippen molar-refractivity contribution in [3.63, 3.8) is 0 Å². The van der Waals surface area contributed by atoms with Gasteiger partial charge in [0.25, 0.3) is 5.91 Å². The molecular formula is C20H22N2O4. The molecule has 1 aromatic heterocycles. The molecule has 1 amide bonds. The first kappa shape index (κ1) is 16.7. The van der Waals surface area contributed by atoms with Gasteiger partial charge in [0, 0.05) is 24.2 Å². The van der Waals surface area contributed by atoms with Crippen LogP contribution in [-0.2, 0) is 12.8 Å². The minimum absolute atomic E-state index is 0.135. The number of ketones is 1. The summed E-state index contributed by atoms with van der Waals surface area (Å²) in [5.41, 5.74) is 3.96. The molecule has 2 N–H and O–H groups in total. The number of aromatic nitrogens is 1. The second kappa shape index (κ2) is 6.86. The second-order valence-electron chi connectivity index (χ2n) is 6.74. The van der Waals surface area contributed by atoms with Crippen LogP contribution < -0.4 is 14.8 Å². The van der Waals surface area contributed by atoms with Crippen LogP contribution in [0.3, 0.4) is 0 Å². The molecule has 0 fully saturated rings. The summed E-state index contributed by atoms with van der Waals surface area (Å²) in [7, 11) is 0. The van der Waals surface area contributed by atoms with E-state index in [1.807, 2.05) is 25.1 Å². The van der Waals surface area contributed by atoms with Crippen molar-refractivity contribution in [3.8, 4) is 11.5 Å². The van der Waals surface area contributed by atoms with Crippen LogP contribution in [0, 0.1) is 6.92 Å². The molecule has 4 rings (SSSR count). The fraction of sp³-hybridized carbons (Fsp3) is 0.400. The van der Waals surface area contributed by atoms with E-state index in [1.165, 1.54) is 0 Å². The van der Waals surface area contributed by atoms with Crippen molar-refractivity contribution in [2.45, 2.75) is 32.6 Å². The van der Waals surface area contributed by atoms with Gasteiger partial charge in [0.05, 0.1) is 0 Å². The van der Waals surface area contributed by atoms with E-state index in [1.54, 1.807) is 0 Å². The summed E-state index contributed by atoms with van der Waals surface area (Å²) in [6, 6.07) is 5.84. The number of carbonyl (C=O) groups excluding carboxylic acids is 2. The molecule has 0 radical (unpaired) electrons. The lowest BCUT2D eigenvalue weighted by atomic mass is 9.94. The van der Waals surface area contributed by atoms with Crippen molar-refractivity contribution in [1.29, 1.82) is 0 Å². The van der Waals surface area contributed by atoms with Crippen LogP contribution >= 0.6 is 0 Å². The van der Waals surface area contributed by atoms with Gasteiger partial charge in [-0.3, -0.25) is 9.59 Å². The van der Waals surface area contributed by atoms with Gasteiger partial charge in [-0.2, -0.15) is 0 Å². The Bertz CT molecular complexity index is 869. The summed E-state index contributed by atoms with van der Waals surface area (Å²) in [5, 5.41) is 2.94. The number of nitrogens with one attached hydrogen (secondary N) is 2. The number of benzene rings is 1. The molecule has 1 aliphatic heterocycles. The highest BCUT2D eigenvalue weighted by atomic mass is 16.6. The fourth-order valence-electron chi connectivity index (χ4n) is 3.65. The predicted molar refractivity (Wildman–Crippen MR) is 96.3 cm³/mol. The molecule has 0 bridgehead atoms. The predicted octanol–water partition coefficient (Wildman–Crippen LogP) is 2.59. The molecule has 6 heteroatoms. The van der Waals surface area contributed by atoms with Gasteiger partial charge in [-0.05, 0) is 49.4 Å². The van der Waals surface area contributed by atoms with E-state index in [2.05, 4.69) is 10.3 Å². The van der Waals surface area contributed by atoms with Gasteiger partial charge in [-0.1, -0.05) is 6.07 Å². The van der Waals surface area contributed by atoms with Crippen molar-refractivity contribution in [2.75, 3.05) is 19.8 Å². The van der Waals surface area contributed by atoms with E-state index in [4.69, 9.17) is 9.47 Å². The Morgan fingerprint density at radius 1 is 1.19 bits per heavy atom. The van der Waals surface area contributed by atoms with Gasteiger partial charge in [0.15, 0.2) is 17.3 Å². The highest BCUT2D eigenvalue weighted by Gasteiger charge is 2.26. The number of aryl methyl sites for hydroxylation is 1. The Hall–Kier alpha value is -2.76. The summed E-state index contributed by atoms with van der Waals surface area (Å²) in [6.45, 7) is 3.48. The summed E-state index contributed by atoms with van der Waals surface area (Å²) >= 11 is 0. The number of aromatic amines is 1. The molecule has 2 heterocycles. The van der Waals surface area contributed by atoms with Crippen LogP contribution in [0.15, 0.2) is 18.2 Å². The summed E-state index contributed by atoms with van der Waals surface area (Å²) in [5.74, 6) is 1.49. The number of hydrogen-bond acceptors (Lipinski definition) is 4. The average molecular weight is 354 g/mol. The molecule has 26 heavy (non-hydrogen) atoms. The number of fused-ring (bicyclic) bond motifs is 2. The topological polar surface area (TPSA) is 80.4 Å². The van der Waals surface area contributed by atoms with E-state index in [0.29, 0.717) is 43.9 Å². The molecule has 1 aromatic carbocycles. The zero-order chi connectivity index (χ0) is 18.1. The van der Waals surface area contributed by atoms with Gasteiger partial charge in [-0.25, -0.2) is 0 Å². The van der Waals surface area contributed by atoms with E-state index < -0.39 is 0 Å². The highest BCUT2D eigenvalue weighted by molar-refractivity contribution is 6.04. The van der Waals surface area contributed by atoms with Crippen LogP contribution in [0.25, 0.3) is 0 Å². The second-order valence-corrected chi connectivity index (χ2v) is 6.74. The number of hydrogen-bond donors (Lipinski definition) is 2. The van der Waals surface area contributed by atoms with Crippen LogP contribution in [0.5, 0.6) is 11.5 Å². The standard InChI is InChI=1S/C20H22N2O4/c1-12-18-14(3-2-4-15(18)23)22-19(12)20(24)21-8-7-13-5-6-16-17(11-13)26-10-9-25-16/h5-6,11,22H,2-4,7-10H2,1H3,(H,21,24). The first-order chi connectivity index (χ1) is 12.6. The van der Waals surface area contributed by atoms with Crippen LogP contribution in [-0.4, -0.2) is 36.4 Å².